The van der Waals surface area contributed by atoms with Crippen molar-refractivity contribution in [3.8, 4) is 0 Å². The van der Waals surface area contributed by atoms with Crippen LogP contribution in [-0.2, 0) is 0 Å². The molecule has 0 heterocycles. The lowest BCUT2D eigenvalue weighted by Crippen LogP contribution is -2.45. The van der Waals surface area contributed by atoms with Crippen LogP contribution in [-0.4, -0.2) is 30.1 Å². The number of guanidine groups is 1. The van der Waals surface area contributed by atoms with Crippen molar-refractivity contribution in [2.24, 2.45) is 10.8 Å². The topological polar surface area (TPSA) is 62.4 Å². The van der Waals surface area contributed by atoms with Gasteiger partial charge in [-0.25, -0.2) is 5.84 Å². The summed E-state index contributed by atoms with van der Waals surface area (Å²) in [6.07, 6.45) is 8.34. The first-order valence-electron chi connectivity index (χ1n) is 6.06. The highest BCUT2D eigenvalue weighted by atomic mass is 32.2. The first-order chi connectivity index (χ1) is 7.76. The Balaban J connectivity index is 2.25. The monoisotopic (exact) mass is 244 g/mol. The first kappa shape index (κ1) is 13.6. The molecule has 0 spiro atoms. The number of hydrogen-bond acceptors (Lipinski definition) is 3. The molecule has 0 radical (unpaired) electrons. The molecule has 0 amide bonds. The fourth-order valence-corrected chi connectivity index (χ4v) is 2.21. The van der Waals surface area contributed by atoms with Crippen LogP contribution in [0.4, 0.5) is 0 Å². The van der Waals surface area contributed by atoms with Crippen LogP contribution in [0.25, 0.3) is 0 Å². The van der Waals surface area contributed by atoms with Gasteiger partial charge >= 0.3 is 0 Å². The number of nitrogens with two attached hydrogens (primary N) is 1. The van der Waals surface area contributed by atoms with Gasteiger partial charge in [-0.3, -0.25) is 10.4 Å². The Morgan fingerprint density at radius 2 is 2.19 bits per heavy atom. The van der Waals surface area contributed by atoms with Gasteiger partial charge < -0.3 is 5.32 Å². The zero-order chi connectivity index (χ0) is 11.8. The van der Waals surface area contributed by atoms with Crippen LogP contribution < -0.4 is 16.6 Å². The van der Waals surface area contributed by atoms with Gasteiger partial charge in [0.2, 0.25) is 5.96 Å². The van der Waals surface area contributed by atoms with Gasteiger partial charge in [0.15, 0.2) is 0 Å². The van der Waals surface area contributed by atoms with E-state index in [0.29, 0.717) is 11.3 Å². The molecule has 0 aromatic heterocycles. The van der Waals surface area contributed by atoms with Crippen molar-refractivity contribution in [2.75, 3.05) is 12.8 Å². The Morgan fingerprint density at radius 3 is 2.75 bits per heavy atom. The highest BCUT2D eigenvalue weighted by Gasteiger charge is 2.15. The van der Waals surface area contributed by atoms with E-state index in [-0.39, 0.29) is 0 Å². The minimum Gasteiger partial charge on any atom is -0.353 e. The van der Waals surface area contributed by atoms with Crippen molar-refractivity contribution >= 4 is 17.7 Å². The van der Waals surface area contributed by atoms with Gasteiger partial charge in [0, 0.05) is 17.8 Å². The molecule has 0 bridgehead atoms. The molecule has 1 aliphatic carbocycles. The first-order valence-corrected chi connectivity index (χ1v) is 7.35. The van der Waals surface area contributed by atoms with E-state index in [1.807, 2.05) is 11.8 Å². The smallest absolute Gasteiger partial charge is 0.205 e. The van der Waals surface area contributed by atoms with E-state index in [1.165, 1.54) is 25.7 Å². The molecule has 0 aromatic rings. The van der Waals surface area contributed by atoms with Gasteiger partial charge in [-0.05, 0) is 25.5 Å². The fraction of sp³-hybridized carbons (Fsp3) is 0.909. The van der Waals surface area contributed by atoms with Crippen molar-refractivity contribution in [1.82, 2.24) is 10.7 Å². The number of rotatable bonds is 5. The number of hydrogen-bond donors (Lipinski definition) is 3. The predicted octanol–water partition coefficient (Wildman–Crippen LogP) is 1.48. The van der Waals surface area contributed by atoms with Crippen LogP contribution in [0.5, 0.6) is 0 Å². The standard InChI is InChI=1S/C11H24N4S/c1-9(16-2)7-8-13-11(15-12)14-10-5-3-4-6-10/h9-10H,3-8,12H2,1-2H3,(H2,13,14,15). The van der Waals surface area contributed by atoms with Gasteiger partial charge in [-0.2, -0.15) is 11.8 Å². The summed E-state index contributed by atoms with van der Waals surface area (Å²) in [4.78, 5) is 4.45. The van der Waals surface area contributed by atoms with E-state index in [9.17, 15) is 0 Å². The molecular formula is C11H24N4S. The van der Waals surface area contributed by atoms with Crippen molar-refractivity contribution in [3.05, 3.63) is 0 Å². The van der Waals surface area contributed by atoms with Crippen LogP contribution in [0.1, 0.15) is 39.0 Å². The Hall–Kier alpha value is -0.420. The zero-order valence-electron chi connectivity index (χ0n) is 10.3. The number of thioether (sulfide) groups is 1. The summed E-state index contributed by atoms with van der Waals surface area (Å²) in [5.41, 5.74) is 2.65. The highest BCUT2D eigenvalue weighted by Crippen LogP contribution is 2.17. The lowest BCUT2D eigenvalue weighted by atomic mass is 10.2. The van der Waals surface area contributed by atoms with Gasteiger partial charge in [0.25, 0.3) is 0 Å². The SMILES string of the molecule is CSC(C)CCN=C(NN)NC1CCCC1. The summed E-state index contributed by atoms with van der Waals surface area (Å²) in [5, 5.41) is 4.03. The second-order valence-electron chi connectivity index (χ2n) is 4.34. The maximum atomic E-state index is 5.45. The molecule has 1 atom stereocenters. The Labute approximate surface area is 103 Å². The highest BCUT2D eigenvalue weighted by molar-refractivity contribution is 7.99. The third-order valence-electron chi connectivity index (χ3n) is 3.04. The quantitative estimate of drug-likeness (QED) is 0.297. The van der Waals surface area contributed by atoms with Crippen molar-refractivity contribution in [1.29, 1.82) is 0 Å². The molecule has 4 nitrogen and oxygen atoms in total. The average molecular weight is 244 g/mol. The molecule has 0 aliphatic heterocycles. The Kier molecular flexibility index (Phi) is 6.64. The molecule has 1 aliphatic rings. The van der Waals surface area contributed by atoms with E-state index in [4.69, 9.17) is 5.84 Å². The van der Waals surface area contributed by atoms with Crippen molar-refractivity contribution < 1.29 is 0 Å². The molecule has 4 N–H and O–H groups in total. The van der Waals surface area contributed by atoms with Gasteiger partial charge in [0.1, 0.15) is 0 Å². The molecule has 1 rings (SSSR count). The lowest BCUT2D eigenvalue weighted by molar-refractivity contribution is 0.613. The van der Waals surface area contributed by atoms with Gasteiger partial charge in [-0.1, -0.05) is 19.8 Å². The van der Waals surface area contributed by atoms with Gasteiger partial charge in [0.05, 0.1) is 0 Å². The van der Waals surface area contributed by atoms with Crippen LogP contribution in [0, 0.1) is 0 Å². The lowest BCUT2D eigenvalue weighted by Gasteiger charge is -2.15. The molecule has 1 saturated carbocycles. The number of aliphatic imine (C=N–C) groups is 1. The number of nitrogens with one attached hydrogen (secondary N) is 2. The summed E-state index contributed by atoms with van der Waals surface area (Å²) in [6.45, 7) is 3.06. The predicted molar refractivity (Wildman–Crippen MR) is 72.6 cm³/mol. The normalized spacial score (nSPS) is 19.8. The summed E-state index contributed by atoms with van der Waals surface area (Å²) >= 11 is 1.88. The Bertz CT molecular complexity index is 214. The molecular weight excluding hydrogens is 220 g/mol. The third kappa shape index (κ3) is 5.07. The summed E-state index contributed by atoms with van der Waals surface area (Å²) in [6, 6.07) is 0.563. The second kappa shape index (κ2) is 7.79. The minimum atomic E-state index is 0.563. The summed E-state index contributed by atoms with van der Waals surface area (Å²) in [5.74, 6) is 6.20. The van der Waals surface area contributed by atoms with Crippen molar-refractivity contribution in [2.45, 2.75) is 50.3 Å². The third-order valence-corrected chi connectivity index (χ3v) is 4.08. The molecule has 0 saturated heterocycles. The van der Waals surface area contributed by atoms with Crippen molar-refractivity contribution in [3.63, 3.8) is 0 Å². The van der Waals surface area contributed by atoms with Crippen LogP contribution >= 0.6 is 11.8 Å². The fourth-order valence-electron chi connectivity index (χ4n) is 1.87. The second-order valence-corrected chi connectivity index (χ2v) is 5.61. The van der Waals surface area contributed by atoms with E-state index < -0.39 is 0 Å². The summed E-state index contributed by atoms with van der Waals surface area (Å²) in [7, 11) is 0. The molecule has 0 aromatic carbocycles. The number of nitrogens with zero attached hydrogens (tertiary/aromatic N) is 1. The van der Waals surface area contributed by atoms with Gasteiger partial charge in [-0.15, -0.1) is 0 Å². The molecule has 1 unspecified atom stereocenters. The molecule has 94 valence electrons. The average Bonchev–Trinajstić information content (AvgIpc) is 2.80. The minimum absolute atomic E-state index is 0.563. The van der Waals surface area contributed by atoms with E-state index in [2.05, 4.69) is 28.9 Å². The largest absolute Gasteiger partial charge is 0.353 e. The van der Waals surface area contributed by atoms with E-state index >= 15 is 0 Å². The summed E-state index contributed by atoms with van der Waals surface area (Å²) < 4.78 is 0. The molecule has 5 heteroatoms. The maximum Gasteiger partial charge on any atom is 0.205 e. The molecule has 16 heavy (non-hydrogen) atoms. The molecule has 1 fully saturated rings. The van der Waals surface area contributed by atoms with E-state index in [1.54, 1.807) is 0 Å². The maximum absolute atomic E-state index is 5.45. The Morgan fingerprint density at radius 1 is 1.50 bits per heavy atom. The van der Waals surface area contributed by atoms with Crippen LogP contribution in [0.15, 0.2) is 4.99 Å². The van der Waals surface area contributed by atoms with Crippen LogP contribution in [0.3, 0.4) is 0 Å². The van der Waals surface area contributed by atoms with E-state index in [0.717, 1.165) is 18.9 Å². The van der Waals surface area contributed by atoms with Crippen LogP contribution in [0.2, 0.25) is 0 Å². The zero-order valence-corrected chi connectivity index (χ0v) is 11.1. The number of hydrazine groups is 1.